The summed E-state index contributed by atoms with van der Waals surface area (Å²) in [5, 5.41) is 7.91. The number of hydrogen-bond acceptors (Lipinski definition) is 3. The molecular weight excluding hydrogens is 404 g/mol. The minimum absolute atomic E-state index is 0.143. The molecule has 0 saturated carbocycles. The van der Waals surface area contributed by atoms with Crippen LogP contribution in [0.25, 0.3) is 6.08 Å². The van der Waals surface area contributed by atoms with Crippen molar-refractivity contribution >= 4 is 29.2 Å². The van der Waals surface area contributed by atoms with E-state index in [2.05, 4.69) is 24.5 Å². The second-order valence-electron chi connectivity index (χ2n) is 7.91. The number of hydrogen-bond donors (Lipinski definition) is 2. The normalized spacial score (nSPS) is 12.5. The van der Waals surface area contributed by atoms with Gasteiger partial charge in [-0.25, -0.2) is 0 Å². The Morgan fingerprint density at radius 3 is 2.32 bits per heavy atom. The molecule has 1 unspecified atom stereocenters. The van der Waals surface area contributed by atoms with E-state index in [1.54, 1.807) is 12.1 Å². The van der Waals surface area contributed by atoms with Gasteiger partial charge in [0.15, 0.2) is 0 Å². The third-order valence-electron chi connectivity index (χ3n) is 4.93. The van der Waals surface area contributed by atoms with E-state index in [0.29, 0.717) is 11.5 Å². The summed E-state index contributed by atoms with van der Waals surface area (Å²) in [7, 11) is 0. The van der Waals surface area contributed by atoms with Crippen LogP contribution in [0.5, 0.6) is 0 Å². The highest BCUT2D eigenvalue weighted by Gasteiger charge is 2.21. The number of carbonyl (C=O) groups excluding carboxylic acids is 2. The predicted molar refractivity (Wildman–Crippen MR) is 128 cm³/mol. The molecule has 0 spiro atoms. The van der Waals surface area contributed by atoms with Gasteiger partial charge < -0.3 is 10.6 Å². The molecule has 0 fully saturated rings. The predicted octanol–water partition coefficient (Wildman–Crippen LogP) is 5.73. The maximum absolute atomic E-state index is 13.3. The molecule has 0 aliphatic heterocycles. The van der Waals surface area contributed by atoms with E-state index in [0.717, 1.165) is 22.4 Å². The van der Waals surface area contributed by atoms with Gasteiger partial charge in [-0.15, -0.1) is 11.3 Å². The minimum atomic E-state index is -0.301. The summed E-state index contributed by atoms with van der Waals surface area (Å²) < 4.78 is 0. The standard InChI is InChI=1S/C26H28N2O2S/c1-18(2)16-23(20-11-5-4-6-12-20)27-26(30)24(17-21-13-9-15-31-21)28-25(29)22-14-8-7-10-19(22)3/h4-15,17-18,23H,16H2,1-3H3,(H,27,30)(H,28,29)/b24-17-. The Kier molecular flexibility index (Phi) is 7.79. The SMILES string of the molecule is Cc1ccccc1C(=O)N/C(=C\c1cccs1)C(=O)NC(CC(C)C)c1ccccc1. The topological polar surface area (TPSA) is 58.2 Å². The van der Waals surface area contributed by atoms with E-state index in [1.165, 1.54) is 11.3 Å². The van der Waals surface area contributed by atoms with E-state index in [1.807, 2.05) is 73.0 Å². The fourth-order valence-electron chi connectivity index (χ4n) is 3.36. The molecule has 0 saturated heterocycles. The van der Waals surface area contributed by atoms with Crippen LogP contribution in [0.4, 0.5) is 0 Å². The maximum atomic E-state index is 13.3. The average Bonchev–Trinajstić information content (AvgIpc) is 3.26. The zero-order valence-corrected chi connectivity index (χ0v) is 18.9. The zero-order valence-electron chi connectivity index (χ0n) is 18.1. The lowest BCUT2D eigenvalue weighted by Gasteiger charge is -2.22. The molecule has 0 aliphatic carbocycles. The summed E-state index contributed by atoms with van der Waals surface area (Å²) >= 11 is 1.51. The average molecular weight is 433 g/mol. The van der Waals surface area contributed by atoms with Gasteiger partial charge in [0.2, 0.25) is 0 Å². The van der Waals surface area contributed by atoms with Crippen molar-refractivity contribution in [1.82, 2.24) is 10.6 Å². The van der Waals surface area contributed by atoms with Crippen molar-refractivity contribution in [2.24, 2.45) is 5.92 Å². The van der Waals surface area contributed by atoms with Crippen LogP contribution < -0.4 is 10.6 Å². The fraction of sp³-hybridized carbons (Fsp3) is 0.231. The number of amides is 2. The molecular formula is C26H28N2O2S. The number of carbonyl (C=O) groups is 2. The van der Waals surface area contributed by atoms with Crippen molar-refractivity contribution in [2.45, 2.75) is 33.2 Å². The minimum Gasteiger partial charge on any atom is -0.344 e. The second kappa shape index (κ2) is 10.7. The summed E-state index contributed by atoms with van der Waals surface area (Å²) in [6.07, 6.45) is 2.53. The van der Waals surface area contributed by atoms with E-state index < -0.39 is 0 Å². The molecule has 0 bridgehead atoms. The Morgan fingerprint density at radius 1 is 0.968 bits per heavy atom. The van der Waals surface area contributed by atoms with Crippen molar-refractivity contribution < 1.29 is 9.59 Å². The molecule has 160 valence electrons. The molecule has 5 heteroatoms. The van der Waals surface area contributed by atoms with Gasteiger partial charge in [-0.1, -0.05) is 68.4 Å². The summed E-state index contributed by atoms with van der Waals surface area (Å²) in [5.41, 5.74) is 2.69. The van der Waals surface area contributed by atoms with E-state index in [4.69, 9.17) is 0 Å². The zero-order chi connectivity index (χ0) is 22.2. The highest BCUT2D eigenvalue weighted by molar-refractivity contribution is 7.10. The van der Waals surface area contributed by atoms with E-state index in [9.17, 15) is 9.59 Å². The number of benzene rings is 2. The van der Waals surface area contributed by atoms with Gasteiger partial charge >= 0.3 is 0 Å². The van der Waals surface area contributed by atoms with Crippen molar-refractivity contribution in [3.05, 3.63) is 99.4 Å². The lowest BCUT2D eigenvalue weighted by atomic mass is 9.97. The summed E-state index contributed by atoms with van der Waals surface area (Å²) in [6, 6.07) is 21.0. The van der Waals surface area contributed by atoms with Crippen LogP contribution in [0, 0.1) is 12.8 Å². The first-order valence-electron chi connectivity index (χ1n) is 10.4. The van der Waals surface area contributed by atoms with Crippen LogP contribution in [0.2, 0.25) is 0 Å². The first kappa shape index (κ1) is 22.5. The third kappa shape index (κ3) is 6.40. The number of rotatable bonds is 8. The smallest absolute Gasteiger partial charge is 0.268 e. The van der Waals surface area contributed by atoms with Gasteiger partial charge in [0.25, 0.3) is 11.8 Å². The number of aryl methyl sites for hydroxylation is 1. The van der Waals surface area contributed by atoms with Crippen molar-refractivity contribution in [2.75, 3.05) is 0 Å². The van der Waals surface area contributed by atoms with Gasteiger partial charge in [0.1, 0.15) is 5.70 Å². The molecule has 1 aromatic heterocycles. The second-order valence-corrected chi connectivity index (χ2v) is 8.89. The Labute approximate surface area is 188 Å². The molecule has 3 aromatic rings. The van der Waals surface area contributed by atoms with Gasteiger partial charge in [0, 0.05) is 10.4 Å². The molecule has 1 atom stereocenters. The molecule has 3 rings (SSSR count). The lowest BCUT2D eigenvalue weighted by Crippen LogP contribution is -2.37. The Morgan fingerprint density at radius 2 is 1.68 bits per heavy atom. The number of thiophene rings is 1. The highest BCUT2D eigenvalue weighted by Crippen LogP contribution is 2.22. The molecule has 0 radical (unpaired) electrons. The third-order valence-corrected chi connectivity index (χ3v) is 5.75. The highest BCUT2D eigenvalue weighted by atomic mass is 32.1. The first-order chi connectivity index (χ1) is 14.9. The Balaban J connectivity index is 1.87. The van der Waals surface area contributed by atoms with Gasteiger partial charge in [-0.05, 0) is 54.0 Å². The van der Waals surface area contributed by atoms with E-state index >= 15 is 0 Å². The van der Waals surface area contributed by atoms with Crippen LogP contribution >= 0.6 is 11.3 Å². The van der Waals surface area contributed by atoms with Crippen molar-refractivity contribution in [3.8, 4) is 0 Å². The quantitative estimate of drug-likeness (QED) is 0.447. The molecule has 2 N–H and O–H groups in total. The van der Waals surface area contributed by atoms with Crippen LogP contribution in [0.1, 0.15) is 52.7 Å². The van der Waals surface area contributed by atoms with E-state index in [-0.39, 0.29) is 23.6 Å². The Hall–Kier alpha value is -3.18. The summed E-state index contributed by atoms with van der Waals surface area (Å²) in [4.78, 5) is 27.1. The molecule has 4 nitrogen and oxygen atoms in total. The van der Waals surface area contributed by atoms with Gasteiger partial charge in [-0.3, -0.25) is 9.59 Å². The van der Waals surface area contributed by atoms with Crippen LogP contribution in [0.3, 0.4) is 0 Å². The molecule has 0 aliphatic rings. The molecule has 2 aromatic carbocycles. The first-order valence-corrected chi connectivity index (χ1v) is 11.3. The van der Waals surface area contributed by atoms with Gasteiger partial charge in [0.05, 0.1) is 6.04 Å². The summed E-state index contributed by atoms with van der Waals surface area (Å²) in [6.45, 7) is 6.14. The monoisotopic (exact) mass is 432 g/mol. The van der Waals surface area contributed by atoms with Crippen LogP contribution in [-0.2, 0) is 4.79 Å². The molecule has 31 heavy (non-hydrogen) atoms. The van der Waals surface area contributed by atoms with Crippen LogP contribution in [-0.4, -0.2) is 11.8 Å². The lowest BCUT2D eigenvalue weighted by molar-refractivity contribution is -0.118. The largest absolute Gasteiger partial charge is 0.344 e. The van der Waals surface area contributed by atoms with Crippen LogP contribution in [0.15, 0.2) is 77.8 Å². The maximum Gasteiger partial charge on any atom is 0.268 e. The van der Waals surface area contributed by atoms with Gasteiger partial charge in [-0.2, -0.15) is 0 Å². The summed E-state index contributed by atoms with van der Waals surface area (Å²) in [5.74, 6) is -0.196. The van der Waals surface area contributed by atoms with Crippen molar-refractivity contribution in [1.29, 1.82) is 0 Å². The molecule has 1 heterocycles. The number of nitrogens with one attached hydrogen (secondary N) is 2. The van der Waals surface area contributed by atoms with Crippen molar-refractivity contribution in [3.63, 3.8) is 0 Å². The molecule has 2 amide bonds. The fourth-order valence-corrected chi connectivity index (χ4v) is 4.02. The Bertz CT molecular complexity index is 1040.